The number of benzene rings is 1. The van der Waals surface area contributed by atoms with Crippen LogP contribution >= 0.6 is 0 Å². The fourth-order valence-corrected chi connectivity index (χ4v) is 1.62. The average molecular weight is 254 g/mol. The summed E-state index contributed by atoms with van der Waals surface area (Å²) in [5.41, 5.74) is 1.66. The Morgan fingerprint density at radius 3 is 2.74 bits per heavy atom. The molecule has 2 rings (SSSR count). The van der Waals surface area contributed by atoms with Gasteiger partial charge in [-0.1, -0.05) is 24.0 Å². The van der Waals surface area contributed by atoms with Crippen molar-refractivity contribution in [3.8, 4) is 11.8 Å². The van der Waals surface area contributed by atoms with Crippen LogP contribution in [0.1, 0.15) is 17.5 Å². The minimum Gasteiger partial charge on any atom is -0.395 e. The van der Waals surface area contributed by atoms with Crippen LogP contribution in [0.25, 0.3) is 0 Å². The van der Waals surface area contributed by atoms with Crippen LogP contribution in [0.5, 0.6) is 0 Å². The molecule has 0 aliphatic carbocycles. The van der Waals surface area contributed by atoms with E-state index in [1.807, 2.05) is 24.3 Å². The zero-order valence-electron chi connectivity index (χ0n) is 10.4. The predicted octanol–water partition coefficient (Wildman–Crippen LogP) is 1.03. The molecule has 0 saturated heterocycles. The molecule has 1 N–H and O–H groups in total. The Hall–Kier alpha value is -2.38. The van der Waals surface area contributed by atoms with Gasteiger partial charge in [0.25, 0.3) is 0 Å². The van der Waals surface area contributed by atoms with Gasteiger partial charge in [-0.25, -0.2) is 9.78 Å². The van der Waals surface area contributed by atoms with E-state index in [4.69, 9.17) is 5.11 Å². The fraction of sp³-hybridized carbons (Fsp3) is 0.200. The maximum atomic E-state index is 11.5. The van der Waals surface area contributed by atoms with E-state index in [0.29, 0.717) is 13.0 Å². The first-order valence-corrected chi connectivity index (χ1v) is 6.00. The van der Waals surface area contributed by atoms with Crippen LogP contribution in [-0.2, 0) is 6.54 Å². The van der Waals surface area contributed by atoms with E-state index < -0.39 is 0 Å². The standard InChI is InChI=1S/C15H14N2O2/c18-11-2-1-4-13-5-7-14(8-6-13)12-17-10-3-9-16-15(17)19/h3,5-10,18H,2,11-12H2. The maximum Gasteiger partial charge on any atom is 0.347 e. The molecule has 0 amide bonds. The highest BCUT2D eigenvalue weighted by atomic mass is 16.2. The normalized spacial score (nSPS) is 9.74. The molecule has 1 heterocycles. The number of rotatable bonds is 3. The Labute approximate surface area is 111 Å². The number of hydrogen-bond donors (Lipinski definition) is 1. The molecule has 0 fully saturated rings. The molecular formula is C15H14N2O2. The summed E-state index contributed by atoms with van der Waals surface area (Å²) in [5, 5.41) is 8.64. The molecule has 0 bridgehead atoms. The van der Waals surface area contributed by atoms with E-state index >= 15 is 0 Å². The molecule has 2 aromatic rings. The lowest BCUT2D eigenvalue weighted by Crippen LogP contribution is -2.21. The third-order valence-corrected chi connectivity index (χ3v) is 2.56. The second kappa shape index (κ2) is 6.53. The molecule has 0 radical (unpaired) electrons. The van der Waals surface area contributed by atoms with Crippen molar-refractivity contribution in [2.75, 3.05) is 6.61 Å². The van der Waals surface area contributed by atoms with Gasteiger partial charge < -0.3 is 5.11 Å². The van der Waals surface area contributed by atoms with Crippen molar-refractivity contribution in [1.82, 2.24) is 9.55 Å². The summed E-state index contributed by atoms with van der Waals surface area (Å²) in [5.74, 6) is 5.82. The van der Waals surface area contributed by atoms with E-state index in [1.165, 1.54) is 6.20 Å². The molecule has 1 aromatic carbocycles. The first-order chi connectivity index (χ1) is 9.29. The van der Waals surface area contributed by atoms with Crippen LogP contribution in [0.2, 0.25) is 0 Å². The van der Waals surface area contributed by atoms with Crippen molar-refractivity contribution in [3.05, 3.63) is 64.3 Å². The first kappa shape index (κ1) is 13.1. The Morgan fingerprint density at radius 2 is 2.05 bits per heavy atom. The average Bonchev–Trinajstić information content (AvgIpc) is 2.44. The molecule has 0 saturated carbocycles. The number of hydrogen-bond acceptors (Lipinski definition) is 3. The molecule has 4 heteroatoms. The third-order valence-electron chi connectivity index (χ3n) is 2.56. The molecule has 4 nitrogen and oxygen atoms in total. The lowest BCUT2D eigenvalue weighted by molar-refractivity contribution is 0.305. The highest BCUT2D eigenvalue weighted by Gasteiger charge is 1.97. The second-order valence-corrected chi connectivity index (χ2v) is 4.00. The van der Waals surface area contributed by atoms with Gasteiger partial charge >= 0.3 is 5.69 Å². The van der Waals surface area contributed by atoms with E-state index in [1.54, 1.807) is 16.8 Å². The number of aliphatic hydroxyl groups excluding tert-OH is 1. The monoisotopic (exact) mass is 254 g/mol. The molecular weight excluding hydrogens is 240 g/mol. The van der Waals surface area contributed by atoms with Crippen molar-refractivity contribution in [3.63, 3.8) is 0 Å². The number of aromatic nitrogens is 2. The van der Waals surface area contributed by atoms with Crippen molar-refractivity contribution in [2.45, 2.75) is 13.0 Å². The van der Waals surface area contributed by atoms with E-state index in [9.17, 15) is 4.79 Å². The Balaban J connectivity index is 2.10. The molecule has 0 atom stereocenters. The van der Waals surface area contributed by atoms with Gasteiger partial charge in [0, 0.05) is 24.4 Å². The third kappa shape index (κ3) is 3.80. The minimum absolute atomic E-state index is 0.0784. The van der Waals surface area contributed by atoms with Crippen LogP contribution in [-0.4, -0.2) is 21.3 Å². The Bertz CT molecular complexity index is 648. The molecule has 96 valence electrons. The van der Waals surface area contributed by atoms with Gasteiger partial charge in [0.15, 0.2) is 0 Å². The van der Waals surface area contributed by atoms with Gasteiger partial charge in [-0.05, 0) is 23.8 Å². The minimum atomic E-state index is -0.255. The van der Waals surface area contributed by atoms with Crippen LogP contribution in [0.15, 0.2) is 47.5 Å². The van der Waals surface area contributed by atoms with Crippen molar-refractivity contribution in [2.24, 2.45) is 0 Å². The van der Waals surface area contributed by atoms with Gasteiger partial charge in [-0.2, -0.15) is 0 Å². The largest absolute Gasteiger partial charge is 0.395 e. The smallest absolute Gasteiger partial charge is 0.347 e. The summed E-state index contributed by atoms with van der Waals surface area (Å²) in [7, 11) is 0. The molecule has 0 aliphatic rings. The van der Waals surface area contributed by atoms with E-state index in [2.05, 4.69) is 16.8 Å². The van der Waals surface area contributed by atoms with Crippen LogP contribution in [0.4, 0.5) is 0 Å². The molecule has 0 unspecified atom stereocenters. The van der Waals surface area contributed by atoms with Crippen molar-refractivity contribution >= 4 is 0 Å². The lowest BCUT2D eigenvalue weighted by Gasteiger charge is -2.04. The van der Waals surface area contributed by atoms with Gasteiger partial charge in [0.1, 0.15) is 0 Å². The Kier molecular flexibility index (Phi) is 4.49. The number of aliphatic hydroxyl groups is 1. The van der Waals surface area contributed by atoms with E-state index in [-0.39, 0.29) is 12.3 Å². The summed E-state index contributed by atoms with van der Waals surface area (Å²) in [4.78, 5) is 15.2. The summed E-state index contributed by atoms with van der Waals surface area (Å²) in [6.45, 7) is 0.575. The predicted molar refractivity (Wildman–Crippen MR) is 72.6 cm³/mol. The fourth-order valence-electron chi connectivity index (χ4n) is 1.62. The quantitative estimate of drug-likeness (QED) is 0.832. The number of nitrogens with zero attached hydrogens (tertiary/aromatic N) is 2. The molecule has 0 spiro atoms. The summed E-state index contributed by atoms with van der Waals surface area (Å²) < 4.78 is 1.55. The molecule has 19 heavy (non-hydrogen) atoms. The van der Waals surface area contributed by atoms with Gasteiger partial charge in [0.05, 0.1) is 13.2 Å². The maximum absolute atomic E-state index is 11.5. The topological polar surface area (TPSA) is 55.1 Å². The second-order valence-electron chi connectivity index (χ2n) is 4.00. The SMILES string of the molecule is O=c1ncccn1Cc1ccc(C#CCCO)cc1. The van der Waals surface area contributed by atoms with Crippen LogP contribution in [0.3, 0.4) is 0 Å². The lowest BCUT2D eigenvalue weighted by atomic mass is 10.1. The molecule has 0 aliphatic heterocycles. The summed E-state index contributed by atoms with van der Waals surface area (Å²) in [6, 6.07) is 9.41. The highest BCUT2D eigenvalue weighted by molar-refractivity contribution is 5.36. The van der Waals surface area contributed by atoms with Crippen LogP contribution in [0, 0.1) is 11.8 Å². The summed E-state index contributed by atoms with van der Waals surface area (Å²) in [6.07, 6.45) is 3.68. The van der Waals surface area contributed by atoms with Crippen molar-refractivity contribution in [1.29, 1.82) is 0 Å². The summed E-state index contributed by atoms with van der Waals surface area (Å²) >= 11 is 0. The van der Waals surface area contributed by atoms with Gasteiger partial charge in [-0.3, -0.25) is 4.57 Å². The highest BCUT2D eigenvalue weighted by Crippen LogP contribution is 2.04. The molecule has 1 aromatic heterocycles. The first-order valence-electron chi connectivity index (χ1n) is 6.00. The van der Waals surface area contributed by atoms with Gasteiger partial charge in [0.2, 0.25) is 0 Å². The van der Waals surface area contributed by atoms with E-state index in [0.717, 1.165) is 11.1 Å². The zero-order valence-corrected chi connectivity index (χ0v) is 10.4. The zero-order chi connectivity index (χ0) is 13.5. The van der Waals surface area contributed by atoms with Crippen LogP contribution < -0.4 is 5.69 Å². The van der Waals surface area contributed by atoms with Gasteiger partial charge in [-0.15, -0.1) is 0 Å². The Morgan fingerprint density at radius 1 is 1.26 bits per heavy atom. The van der Waals surface area contributed by atoms with Crippen molar-refractivity contribution < 1.29 is 5.11 Å².